The van der Waals surface area contributed by atoms with Crippen LogP contribution in [0.5, 0.6) is 5.75 Å². The van der Waals surface area contributed by atoms with E-state index in [9.17, 15) is 4.39 Å². The minimum absolute atomic E-state index is 0.212. The molecule has 30 heavy (non-hydrogen) atoms. The Hall–Kier alpha value is -1.83. The van der Waals surface area contributed by atoms with Gasteiger partial charge in [0.25, 0.3) is 0 Å². The summed E-state index contributed by atoms with van der Waals surface area (Å²) >= 11 is 0. The molecule has 1 saturated carbocycles. The Kier molecular flexibility index (Phi) is 9.24. The summed E-state index contributed by atoms with van der Waals surface area (Å²) in [7, 11) is 0. The number of ether oxygens (including phenoxy) is 1. The second kappa shape index (κ2) is 12.1. The quantitative estimate of drug-likeness (QED) is 0.336. The topological polar surface area (TPSA) is 9.23 Å². The first kappa shape index (κ1) is 22.8. The predicted octanol–water partition coefficient (Wildman–Crippen LogP) is 8.92. The second-order valence-corrected chi connectivity index (χ2v) is 9.03. The fourth-order valence-corrected chi connectivity index (χ4v) is 4.80. The first-order valence-corrected chi connectivity index (χ1v) is 12.2. The van der Waals surface area contributed by atoms with Crippen molar-refractivity contribution in [3.8, 4) is 16.9 Å². The smallest absolute Gasteiger partial charge is 0.134 e. The van der Waals surface area contributed by atoms with Crippen LogP contribution in [0.1, 0.15) is 96.0 Å². The van der Waals surface area contributed by atoms with Crippen LogP contribution in [-0.4, -0.2) is 6.61 Å². The van der Waals surface area contributed by atoms with E-state index in [1.54, 1.807) is 0 Å². The molecule has 0 N–H and O–H groups in total. The monoisotopic (exact) mass is 410 g/mol. The van der Waals surface area contributed by atoms with E-state index in [1.165, 1.54) is 75.8 Å². The maximum Gasteiger partial charge on any atom is 0.134 e. The lowest BCUT2D eigenvalue weighted by molar-refractivity contribution is 0.302. The third kappa shape index (κ3) is 6.59. The van der Waals surface area contributed by atoms with Crippen LogP contribution in [0, 0.1) is 11.7 Å². The molecular weight excluding hydrogens is 371 g/mol. The number of rotatable bonds is 11. The second-order valence-electron chi connectivity index (χ2n) is 9.03. The van der Waals surface area contributed by atoms with E-state index < -0.39 is 0 Å². The van der Waals surface area contributed by atoms with Gasteiger partial charge in [0.15, 0.2) is 0 Å². The third-order valence-electron chi connectivity index (χ3n) is 6.67. The zero-order valence-electron chi connectivity index (χ0n) is 19.0. The summed E-state index contributed by atoms with van der Waals surface area (Å²) in [5, 5.41) is 0. The van der Waals surface area contributed by atoms with Gasteiger partial charge in [-0.2, -0.15) is 0 Å². The third-order valence-corrected chi connectivity index (χ3v) is 6.67. The van der Waals surface area contributed by atoms with Crippen LogP contribution in [0.2, 0.25) is 0 Å². The van der Waals surface area contributed by atoms with Gasteiger partial charge >= 0.3 is 0 Å². The summed E-state index contributed by atoms with van der Waals surface area (Å²) in [5.41, 5.74) is 3.01. The molecule has 1 aliphatic rings. The maximum atomic E-state index is 14.6. The lowest BCUT2D eigenvalue weighted by atomic mass is 9.77. The van der Waals surface area contributed by atoms with E-state index in [-0.39, 0.29) is 5.82 Å². The van der Waals surface area contributed by atoms with E-state index in [1.807, 2.05) is 19.1 Å². The van der Waals surface area contributed by atoms with Crippen LogP contribution in [0.3, 0.4) is 0 Å². The Morgan fingerprint density at radius 3 is 2.23 bits per heavy atom. The molecule has 0 amide bonds. The SMILES string of the molecule is CCCCCCCC1CCC(c2ccc(-c3ccc(OCCC)cc3F)cc2)CC1. The van der Waals surface area contributed by atoms with E-state index in [0.29, 0.717) is 23.8 Å². The Bertz CT molecular complexity index is 744. The Balaban J connectivity index is 1.50. The summed E-state index contributed by atoms with van der Waals surface area (Å²) in [6.45, 7) is 4.95. The number of benzene rings is 2. The summed E-state index contributed by atoms with van der Waals surface area (Å²) in [6, 6.07) is 13.8. The number of hydrogen-bond donors (Lipinski definition) is 0. The van der Waals surface area contributed by atoms with Gasteiger partial charge in [0.1, 0.15) is 11.6 Å². The highest BCUT2D eigenvalue weighted by Crippen LogP contribution is 2.38. The summed E-state index contributed by atoms with van der Waals surface area (Å²) in [6.07, 6.45) is 14.6. The van der Waals surface area contributed by atoms with Gasteiger partial charge in [0, 0.05) is 11.6 Å². The van der Waals surface area contributed by atoms with Gasteiger partial charge in [0.05, 0.1) is 6.61 Å². The molecule has 0 saturated heterocycles. The molecule has 0 heterocycles. The van der Waals surface area contributed by atoms with Gasteiger partial charge in [-0.05, 0) is 67.2 Å². The minimum Gasteiger partial charge on any atom is -0.494 e. The maximum absolute atomic E-state index is 14.6. The highest BCUT2D eigenvalue weighted by atomic mass is 19.1. The molecule has 1 fully saturated rings. The molecule has 0 unspecified atom stereocenters. The van der Waals surface area contributed by atoms with Crippen LogP contribution in [0.4, 0.5) is 4.39 Å². The average molecular weight is 411 g/mol. The molecule has 1 nitrogen and oxygen atoms in total. The van der Waals surface area contributed by atoms with Crippen molar-refractivity contribution in [2.45, 2.75) is 90.4 Å². The Morgan fingerprint density at radius 1 is 0.833 bits per heavy atom. The lowest BCUT2D eigenvalue weighted by Gasteiger charge is -2.29. The van der Waals surface area contributed by atoms with E-state index in [4.69, 9.17) is 4.74 Å². The summed E-state index contributed by atoms with van der Waals surface area (Å²) in [4.78, 5) is 0. The predicted molar refractivity (Wildman–Crippen MR) is 126 cm³/mol. The minimum atomic E-state index is -0.212. The van der Waals surface area contributed by atoms with Crippen molar-refractivity contribution in [1.82, 2.24) is 0 Å². The van der Waals surface area contributed by atoms with Crippen LogP contribution in [-0.2, 0) is 0 Å². The first-order chi connectivity index (χ1) is 14.7. The first-order valence-electron chi connectivity index (χ1n) is 12.2. The molecule has 0 aliphatic heterocycles. The van der Waals surface area contributed by atoms with Crippen LogP contribution < -0.4 is 4.74 Å². The molecule has 1 aliphatic carbocycles. The van der Waals surface area contributed by atoms with Gasteiger partial charge in [-0.25, -0.2) is 4.39 Å². The van der Waals surface area contributed by atoms with E-state index in [0.717, 1.165) is 17.9 Å². The van der Waals surface area contributed by atoms with Crippen LogP contribution in [0.25, 0.3) is 11.1 Å². The highest BCUT2D eigenvalue weighted by Gasteiger charge is 2.22. The standard InChI is InChI=1S/C28H39FO/c1-3-5-6-7-8-9-22-10-12-23(13-11-22)24-14-16-25(17-15-24)27-19-18-26(21-28(27)29)30-20-4-2/h14-19,21-23H,3-13,20H2,1-2H3. The number of hydrogen-bond acceptors (Lipinski definition) is 1. The van der Waals surface area contributed by atoms with Gasteiger partial charge in [-0.15, -0.1) is 0 Å². The van der Waals surface area contributed by atoms with Gasteiger partial charge in [0.2, 0.25) is 0 Å². The van der Waals surface area contributed by atoms with Crippen molar-refractivity contribution in [2.75, 3.05) is 6.61 Å². The summed E-state index contributed by atoms with van der Waals surface area (Å²) < 4.78 is 20.1. The van der Waals surface area contributed by atoms with Crippen molar-refractivity contribution in [1.29, 1.82) is 0 Å². The van der Waals surface area contributed by atoms with E-state index in [2.05, 4.69) is 31.2 Å². The average Bonchev–Trinajstić information content (AvgIpc) is 2.78. The van der Waals surface area contributed by atoms with Gasteiger partial charge < -0.3 is 4.74 Å². The van der Waals surface area contributed by atoms with Crippen molar-refractivity contribution in [3.05, 3.63) is 53.8 Å². The van der Waals surface area contributed by atoms with Crippen LogP contribution >= 0.6 is 0 Å². The normalized spacial score (nSPS) is 19.0. The van der Waals surface area contributed by atoms with Crippen molar-refractivity contribution < 1.29 is 9.13 Å². The largest absolute Gasteiger partial charge is 0.494 e. The molecule has 0 radical (unpaired) electrons. The summed E-state index contributed by atoms with van der Waals surface area (Å²) in [5.74, 6) is 2.00. The van der Waals surface area contributed by atoms with Crippen molar-refractivity contribution in [3.63, 3.8) is 0 Å². The fourth-order valence-electron chi connectivity index (χ4n) is 4.80. The number of halogens is 1. The zero-order chi connectivity index (χ0) is 21.2. The molecule has 0 bridgehead atoms. The molecule has 2 aromatic rings. The Labute approximate surface area is 183 Å². The molecule has 0 spiro atoms. The Morgan fingerprint density at radius 2 is 1.57 bits per heavy atom. The van der Waals surface area contributed by atoms with Gasteiger partial charge in [-0.3, -0.25) is 0 Å². The molecule has 164 valence electrons. The molecule has 0 atom stereocenters. The molecule has 0 aromatic heterocycles. The molecule has 2 heteroatoms. The molecular formula is C28H39FO. The van der Waals surface area contributed by atoms with Crippen LogP contribution in [0.15, 0.2) is 42.5 Å². The molecule has 3 rings (SSSR count). The van der Waals surface area contributed by atoms with E-state index >= 15 is 0 Å². The fraction of sp³-hybridized carbons (Fsp3) is 0.571. The zero-order valence-corrected chi connectivity index (χ0v) is 19.0. The highest BCUT2D eigenvalue weighted by molar-refractivity contribution is 5.65. The van der Waals surface area contributed by atoms with Gasteiger partial charge in [-0.1, -0.05) is 76.6 Å². The van der Waals surface area contributed by atoms with Crippen molar-refractivity contribution in [2.24, 2.45) is 5.92 Å². The molecule has 2 aromatic carbocycles. The lowest BCUT2D eigenvalue weighted by Crippen LogP contribution is -2.13. The number of unbranched alkanes of at least 4 members (excludes halogenated alkanes) is 4. The van der Waals surface area contributed by atoms with Crippen molar-refractivity contribution >= 4 is 0 Å².